The number of rotatable bonds is 4. The van der Waals surface area contributed by atoms with Gasteiger partial charge in [-0.1, -0.05) is 6.07 Å². The standard InChI is InChI=1S/C14H16N6/c1-11-12(8-18-19(11)2)7-15-13-4-3-5-14(6-13)20-9-16-17-10-20/h3-6,8-10,15H,7H2,1-2H3. The predicted octanol–water partition coefficient (Wildman–Crippen LogP) is 1.92. The van der Waals surface area contributed by atoms with Crippen molar-refractivity contribution >= 4 is 5.69 Å². The molecule has 0 fully saturated rings. The lowest BCUT2D eigenvalue weighted by Gasteiger charge is -2.08. The zero-order chi connectivity index (χ0) is 13.9. The molecule has 0 unspecified atom stereocenters. The first-order valence-corrected chi connectivity index (χ1v) is 6.40. The summed E-state index contributed by atoms with van der Waals surface area (Å²) in [6.07, 6.45) is 5.26. The van der Waals surface area contributed by atoms with Crippen LogP contribution in [0.1, 0.15) is 11.3 Å². The molecule has 102 valence electrons. The molecule has 0 aliphatic heterocycles. The number of anilines is 1. The maximum atomic E-state index is 4.24. The Hall–Kier alpha value is -2.63. The highest BCUT2D eigenvalue weighted by Crippen LogP contribution is 2.15. The fourth-order valence-electron chi connectivity index (χ4n) is 2.03. The van der Waals surface area contributed by atoms with Gasteiger partial charge < -0.3 is 5.32 Å². The second-order valence-corrected chi connectivity index (χ2v) is 4.65. The summed E-state index contributed by atoms with van der Waals surface area (Å²) in [5.74, 6) is 0. The molecule has 1 aromatic carbocycles. The molecule has 0 saturated carbocycles. The molecule has 3 aromatic rings. The minimum Gasteiger partial charge on any atom is -0.381 e. The van der Waals surface area contributed by atoms with Crippen molar-refractivity contribution in [2.75, 3.05) is 5.32 Å². The Morgan fingerprint density at radius 3 is 2.70 bits per heavy atom. The number of hydrogen-bond acceptors (Lipinski definition) is 4. The van der Waals surface area contributed by atoms with Crippen LogP contribution in [0.15, 0.2) is 43.1 Å². The van der Waals surface area contributed by atoms with Crippen LogP contribution >= 0.6 is 0 Å². The number of aryl methyl sites for hydroxylation is 1. The van der Waals surface area contributed by atoms with Crippen molar-refractivity contribution in [3.05, 3.63) is 54.4 Å². The molecule has 6 heteroatoms. The van der Waals surface area contributed by atoms with Gasteiger partial charge in [-0.05, 0) is 25.1 Å². The van der Waals surface area contributed by atoms with E-state index in [0.29, 0.717) is 0 Å². The van der Waals surface area contributed by atoms with Gasteiger partial charge in [0.1, 0.15) is 12.7 Å². The first kappa shape index (κ1) is 12.4. The van der Waals surface area contributed by atoms with Gasteiger partial charge in [0.15, 0.2) is 0 Å². The zero-order valence-electron chi connectivity index (χ0n) is 11.5. The van der Waals surface area contributed by atoms with Crippen molar-refractivity contribution in [2.24, 2.45) is 7.05 Å². The number of aromatic nitrogens is 5. The molecule has 2 heterocycles. The Bertz CT molecular complexity index is 698. The van der Waals surface area contributed by atoms with Crippen LogP contribution in [0, 0.1) is 6.92 Å². The molecule has 3 rings (SSSR count). The third-order valence-electron chi connectivity index (χ3n) is 3.38. The van der Waals surface area contributed by atoms with Gasteiger partial charge in [0, 0.05) is 30.5 Å². The van der Waals surface area contributed by atoms with Gasteiger partial charge in [-0.15, -0.1) is 10.2 Å². The quantitative estimate of drug-likeness (QED) is 0.785. The second-order valence-electron chi connectivity index (χ2n) is 4.65. The van der Waals surface area contributed by atoms with Gasteiger partial charge in [0.2, 0.25) is 0 Å². The van der Waals surface area contributed by atoms with E-state index in [1.165, 1.54) is 11.3 Å². The van der Waals surface area contributed by atoms with E-state index in [1.807, 2.05) is 40.7 Å². The molecule has 0 atom stereocenters. The van der Waals surface area contributed by atoms with Crippen LogP contribution < -0.4 is 5.32 Å². The third-order valence-corrected chi connectivity index (χ3v) is 3.38. The molecule has 1 N–H and O–H groups in total. The van der Waals surface area contributed by atoms with Gasteiger partial charge in [0.25, 0.3) is 0 Å². The summed E-state index contributed by atoms with van der Waals surface area (Å²) in [5.41, 5.74) is 4.46. The Morgan fingerprint density at radius 2 is 2.00 bits per heavy atom. The maximum absolute atomic E-state index is 4.24. The predicted molar refractivity (Wildman–Crippen MR) is 76.6 cm³/mol. The van der Waals surface area contributed by atoms with Crippen LogP contribution in [0.4, 0.5) is 5.69 Å². The fourth-order valence-corrected chi connectivity index (χ4v) is 2.03. The van der Waals surface area contributed by atoms with E-state index in [1.54, 1.807) is 12.7 Å². The van der Waals surface area contributed by atoms with E-state index >= 15 is 0 Å². The van der Waals surface area contributed by atoms with Gasteiger partial charge in [-0.2, -0.15) is 5.10 Å². The topological polar surface area (TPSA) is 60.6 Å². The smallest absolute Gasteiger partial charge is 0.123 e. The lowest BCUT2D eigenvalue weighted by Crippen LogP contribution is -2.02. The van der Waals surface area contributed by atoms with E-state index in [0.717, 1.165) is 17.9 Å². The highest BCUT2D eigenvalue weighted by molar-refractivity contribution is 5.51. The van der Waals surface area contributed by atoms with E-state index in [9.17, 15) is 0 Å². The Kier molecular flexibility index (Phi) is 3.20. The van der Waals surface area contributed by atoms with Crippen molar-refractivity contribution in [2.45, 2.75) is 13.5 Å². The summed E-state index contributed by atoms with van der Waals surface area (Å²) in [6.45, 7) is 2.82. The van der Waals surface area contributed by atoms with Crippen LogP contribution in [0.5, 0.6) is 0 Å². The average molecular weight is 268 g/mol. The summed E-state index contributed by atoms with van der Waals surface area (Å²) in [7, 11) is 1.95. The highest BCUT2D eigenvalue weighted by atomic mass is 15.3. The molecular formula is C14H16N6. The number of hydrogen-bond donors (Lipinski definition) is 1. The summed E-state index contributed by atoms with van der Waals surface area (Å²) >= 11 is 0. The molecular weight excluding hydrogens is 252 g/mol. The first-order chi connectivity index (χ1) is 9.74. The molecule has 0 amide bonds. The summed E-state index contributed by atoms with van der Waals surface area (Å²) in [4.78, 5) is 0. The van der Waals surface area contributed by atoms with Gasteiger partial charge in [-0.25, -0.2) is 0 Å². The van der Waals surface area contributed by atoms with Crippen molar-refractivity contribution in [1.29, 1.82) is 0 Å². The molecule has 0 saturated heterocycles. The van der Waals surface area contributed by atoms with E-state index in [-0.39, 0.29) is 0 Å². The maximum Gasteiger partial charge on any atom is 0.123 e. The van der Waals surface area contributed by atoms with Crippen LogP contribution in [0.2, 0.25) is 0 Å². The van der Waals surface area contributed by atoms with E-state index in [2.05, 4.69) is 33.6 Å². The van der Waals surface area contributed by atoms with Crippen LogP contribution in [0.25, 0.3) is 5.69 Å². The van der Waals surface area contributed by atoms with Gasteiger partial charge in [0.05, 0.1) is 11.9 Å². The minimum absolute atomic E-state index is 0.755. The molecule has 6 nitrogen and oxygen atoms in total. The number of benzene rings is 1. The number of nitrogens with zero attached hydrogens (tertiary/aromatic N) is 5. The van der Waals surface area contributed by atoms with Crippen LogP contribution in [0.3, 0.4) is 0 Å². The third kappa shape index (κ3) is 2.40. The second kappa shape index (κ2) is 5.16. The largest absolute Gasteiger partial charge is 0.381 e. The van der Waals surface area contributed by atoms with Crippen LogP contribution in [-0.2, 0) is 13.6 Å². The summed E-state index contributed by atoms with van der Waals surface area (Å²) in [6, 6.07) is 8.13. The fraction of sp³-hybridized carbons (Fsp3) is 0.214. The van der Waals surface area contributed by atoms with Crippen molar-refractivity contribution < 1.29 is 0 Å². The molecule has 0 bridgehead atoms. The van der Waals surface area contributed by atoms with E-state index < -0.39 is 0 Å². The molecule has 0 aliphatic rings. The van der Waals surface area contributed by atoms with Crippen molar-refractivity contribution in [3.63, 3.8) is 0 Å². The Morgan fingerprint density at radius 1 is 1.20 bits per heavy atom. The molecule has 2 aromatic heterocycles. The van der Waals surface area contributed by atoms with Gasteiger partial charge in [-0.3, -0.25) is 9.25 Å². The van der Waals surface area contributed by atoms with E-state index in [4.69, 9.17) is 0 Å². The Balaban J connectivity index is 1.75. The molecule has 20 heavy (non-hydrogen) atoms. The van der Waals surface area contributed by atoms with Crippen LogP contribution in [-0.4, -0.2) is 24.5 Å². The average Bonchev–Trinajstić information content (AvgIpc) is 3.10. The summed E-state index contributed by atoms with van der Waals surface area (Å²) in [5, 5.41) is 15.3. The zero-order valence-corrected chi connectivity index (χ0v) is 11.5. The number of nitrogens with one attached hydrogen (secondary N) is 1. The van der Waals surface area contributed by atoms with Gasteiger partial charge >= 0.3 is 0 Å². The SMILES string of the molecule is Cc1c(CNc2cccc(-n3cnnc3)c2)cnn1C. The lowest BCUT2D eigenvalue weighted by molar-refractivity contribution is 0.738. The minimum atomic E-state index is 0.755. The lowest BCUT2D eigenvalue weighted by atomic mass is 10.2. The Labute approximate surface area is 117 Å². The van der Waals surface area contributed by atoms with Crippen molar-refractivity contribution in [3.8, 4) is 5.69 Å². The highest BCUT2D eigenvalue weighted by Gasteiger charge is 2.04. The molecule has 0 spiro atoms. The molecule has 0 radical (unpaired) electrons. The summed E-state index contributed by atoms with van der Waals surface area (Å²) < 4.78 is 3.76. The molecule has 0 aliphatic carbocycles. The normalized spacial score (nSPS) is 10.7. The van der Waals surface area contributed by atoms with Crippen molar-refractivity contribution in [1.82, 2.24) is 24.5 Å². The monoisotopic (exact) mass is 268 g/mol. The first-order valence-electron chi connectivity index (χ1n) is 6.40.